The Balaban J connectivity index is 1.66. The van der Waals surface area contributed by atoms with Gasteiger partial charge in [-0.3, -0.25) is 9.89 Å². The second-order valence-corrected chi connectivity index (χ2v) is 7.48. The molecule has 0 saturated heterocycles. The predicted octanol–water partition coefficient (Wildman–Crippen LogP) is 2.88. The Hall–Kier alpha value is -2.22. The molecule has 0 spiro atoms. The van der Waals surface area contributed by atoms with E-state index in [-0.39, 0.29) is 23.6 Å². The van der Waals surface area contributed by atoms with E-state index in [9.17, 15) is 4.79 Å². The van der Waals surface area contributed by atoms with Crippen molar-refractivity contribution in [2.24, 2.45) is 5.92 Å². The molecule has 2 N–H and O–H groups in total. The Morgan fingerprint density at radius 3 is 2.77 bits per heavy atom. The maximum Gasteiger partial charge on any atom is 0.230 e. The summed E-state index contributed by atoms with van der Waals surface area (Å²) < 4.78 is 11.5. The molecule has 1 unspecified atom stereocenters. The second-order valence-electron chi connectivity index (χ2n) is 6.54. The van der Waals surface area contributed by atoms with E-state index < -0.39 is 0 Å². The lowest BCUT2D eigenvalue weighted by Gasteiger charge is -2.23. The van der Waals surface area contributed by atoms with Crippen molar-refractivity contribution in [3.8, 4) is 11.5 Å². The zero-order valence-corrected chi connectivity index (χ0v) is 16.1. The topological polar surface area (TPSA) is 89.1 Å². The number of aromatic amines is 1. The third kappa shape index (κ3) is 4.69. The van der Waals surface area contributed by atoms with Gasteiger partial charge in [-0.25, -0.2) is 4.98 Å². The average Bonchev–Trinajstić information content (AvgIpc) is 2.89. The van der Waals surface area contributed by atoms with Crippen LogP contribution in [0.1, 0.15) is 37.7 Å². The highest BCUT2D eigenvalue weighted by Gasteiger charge is 2.21. The summed E-state index contributed by atoms with van der Waals surface area (Å²) in [5.41, 5.74) is 1.01. The van der Waals surface area contributed by atoms with Crippen molar-refractivity contribution < 1.29 is 14.3 Å². The van der Waals surface area contributed by atoms with E-state index in [0.717, 1.165) is 29.3 Å². The normalized spacial score (nSPS) is 14.8. The van der Waals surface area contributed by atoms with E-state index in [4.69, 9.17) is 9.47 Å². The van der Waals surface area contributed by atoms with Gasteiger partial charge in [0.15, 0.2) is 11.5 Å². The van der Waals surface area contributed by atoms with Gasteiger partial charge in [-0.15, -0.1) is 5.10 Å². The number of nitrogens with zero attached hydrogens (tertiary/aromatic N) is 2. The highest BCUT2D eigenvalue weighted by atomic mass is 32.2. The van der Waals surface area contributed by atoms with Gasteiger partial charge in [0.25, 0.3) is 0 Å². The van der Waals surface area contributed by atoms with E-state index in [1.807, 2.05) is 25.1 Å². The number of benzene rings is 1. The Labute approximate surface area is 157 Å². The number of ether oxygens (including phenoxy) is 2. The Morgan fingerprint density at radius 2 is 2.08 bits per heavy atom. The van der Waals surface area contributed by atoms with E-state index in [1.165, 1.54) is 11.8 Å². The quantitative estimate of drug-likeness (QED) is 0.754. The molecule has 1 atom stereocenters. The van der Waals surface area contributed by atoms with Gasteiger partial charge in [0.05, 0.1) is 25.0 Å². The molecule has 0 bridgehead atoms. The van der Waals surface area contributed by atoms with Crippen molar-refractivity contribution in [1.82, 2.24) is 20.5 Å². The molecule has 0 saturated carbocycles. The fraction of sp³-hybridized carbons (Fsp3) is 0.500. The molecular formula is C18H24N4O3S. The maximum atomic E-state index is 12.4. The molecule has 1 aliphatic heterocycles. The number of thioether (sulfide) groups is 1. The zero-order chi connectivity index (χ0) is 18.5. The molecule has 1 amide bonds. The SMILES string of the molecule is Cc1nc(SCC(=O)NC(c2ccc3c(c2)OCCCO3)C(C)C)n[nH]1. The number of nitrogens with one attached hydrogen (secondary N) is 2. The molecular weight excluding hydrogens is 352 g/mol. The lowest BCUT2D eigenvalue weighted by atomic mass is 9.95. The zero-order valence-electron chi connectivity index (χ0n) is 15.2. The Morgan fingerprint density at radius 1 is 1.31 bits per heavy atom. The summed E-state index contributed by atoms with van der Waals surface area (Å²) in [7, 11) is 0. The summed E-state index contributed by atoms with van der Waals surface area (Å²) in [4.78, 5) is 16.6. The highest BCUT2D eigenvalue weighted by molar-refractivity contribution is 7.99. The van der Waals surface area contributed by atoms with Crippen LogP contribution >= 0.6 is 11.8 Å². The molecule has 26 heavy (non-hydrogen) atoms. The first kappa shape index (κ1) is 18.6. The number of fused-ring (bicyclic) bond motifs is 1. The molecule has 1 aliphatic rings. The van der Waals surface area contributed by atoms with Crippen molar-refractivity contribution in [3.05, 3.63) is 29.6 Å². The van der Waals surface area contributed by atoms with E-state index in [2.05, 4.69) is 34.3 Å². The lowest BCUT2D eigenvalue weighted by Crippen LogP contribution is -2.33. The summed E-state index contributed by atoms with van der Waals surface area (Å²) >= 11 is 1.31. The number of amides is 1. The first-order valence-electron chi connectivity index (χ1n) is 8.73. The minimum atomic E-state index is -0.103. The van der Waals surface area contributed by atoms with Gasteiger partial charge in [0.2, 0.25) is 11.1 Å². The van der Waals surface area contributed by atoms with E-state index >= 15 is 0 Å². The minimum absolute atomic E-state index is 0.0525. The van der Waals surface area contributed by atoms with E-state index in [0.29, 0.717) is 18.4 Å². The maximum absolute atomic E-state index is 12.4. The third-order valence-corrected chi connectivity index (χ3v) is 4.87. The molecule has 0 fully saturated rings. The third-order valence-electron chi connectivity index (χ3n) is 4.02. The van der Waals surface area contributed by atoms with Gasteiger partial charge in [-0.05, 0) is 30.5 Å². The number of aryl methyl sites for hydroxylation is 1. The lowest BCUT2D eigenvalue weighted by molar-refractivity contribution is -0.119. The van der Waals surface area contributed by atoms with Crippen LogP contribution < -0.4 is 14.8 Å². The van der Waals surface area contributed by atoms with Gasteiger partial charge in [-0.2, -0.15) is 0 Å². The van der Waals surface area contributed by atoms with Crippen molar-refractivity contribution in [3.63, 3.8) is 0 Å². The highest BCUT2D eigenvalue weighted by Crippen LogP contribution is 2.34. The summed E-state index contributed by atoms with van der Waals surface area (Å²) in [6, 6.07) is 5.78. The van der Waals surface area contributed by atoms with Gasteiger partial charge in [0, 0.05) is 6.42 Å². The number of carbonyl (C=O) groups excluding carboxylic acids is 1. The van der Waals surface area contributed by atoms with Crippen molar-refractivity contribution in [1.29, 1.82) is 0 Å². The van der Waals surface area contributed by atoms with Crippen LogP contribution in [-0.2, 0) is 4.79 Å². The van der Waals surface area contributed by atoms with Crippen LogP contribution in [0.2, 0.25) is 0 Å². The van der Waals surface area contributed by atoms with Crippen LogP contribution in [0.15, 0.2) is 23.4 Å². The number of H-pyrrole nitrogens is 1. The molecule has 8 heteroatoms. The molecule has 1 aromatic carbocycles. The van der Waals surface area contributed by atoms with Crippen molar-refractivity contribution >= 4 is 17.7 Å². The van der Waals surface area contributed by atoms with Crippen LogP contribution in [0.4, 0.5) is 0 Å². The van der Waals surface area contributed by atoms with Gasteiger partial charge < -0.3 is 14.8 Å². The number of aromatic nitrogens is 3. The van der Waals surface area contributed by atoms with E-state index in [1.54, 1.807) is 0 Å². The number of hydrogen-bond donors (Lipinski definition) is 2. The molecule has 7 nitrogen and oxygen atoms in total. The van der Waals surface area contributed by atoms with Crippen LogP contribution in [-0.4, -0.2) is 40.1 Å². The summed E-state index contributed by atoms with van der Waals surface area (Å²) in [6.07, 6.45) is 0.867. The van der Waals surface area contributed by atoms with Crippen LogP contribution in [0.5, 0.6) is 11.5 Å². The molecule has 140 valence electrons. The standard InChI is InChI=1S/C18H24N4O3S/c1-11(2)17(20-16(23)10-26-18-19-12(3)21-22-18)13-5-6-14-15(9-13)25-8-4-7-24-14/h5-6,9,11,17H,4,7-8,10H2,1-3H3,(H,20,23)(H,19,21,22). The Kier molecular flexibility index (Phi) is 6.03. The summed E-state index contributed by atoms with van der Waals surface area (Å²) in [5.74, 6) is 2.69. The first-order chi connectivity index (χ1) is 12.5. The van der Waals surface area contributed by atoms with Crippen LogP contribution in [0.25, 0.3) is 0 Å². The largest absolute Gasteiger partial charge is 0.490 e. The fourth-order valence-corrected chi connectivity index (χ4v) is 3.40. The molecule has 3 rings (SSSR count). The molecule has 2 heterocycles. The smallest absolute Gasteiger partial charge is 0.230 e. The summed E-state index contributed by atoms with van der Waals surface area (Å²) in [5, 5.41) is 10.5. The number of carbonyl (C=O) groups is 1. The Bertz CT molecular complexity index is 763. The molecule has 1 aromatic heterocycles. The molecule has 2 aromatic rings. The fourth-order valence-electron chi connectivity index (χ4n) is 2.74. The summed E-state index contributed by atoms with van der Waals surface area (Å²) in [6.45, 7) is 7.30. The van der Waals surface area contributed by atoms with Gasteiger partial charge in [-0.1, -0.05) is 31.7 Å². The molecule has 0 aliphatic carbocycles. The second kappa shape index (κ2) is 8.44. The van der Waals surface area contributed by atoms with Crippen molar-refractivity contribution in [2.45, 2.75) is 38.4 Å². The average molecular weight is 376 g/mol. The van der Waals surface area contributed by atoms with Gasteiger partial charge in [0.1, 0.15) is 5.82 Å². The molecule has 0 radical (unpaired) electrons. The minimum Gasteiger partial charge on any atom is -0.490 e. The number of hydrogen-bond acceptors (Lipinski definition) is 6. The van der Waals surface area contributed by atoms with Crippen molar-refractivity contribution in [2.75, 3.05) is 19.0 Å². The monoisotopic (exact) mass is 376 g/mol. The van der Waals surface area contributed by atoms with Crippen LogP contribution in [0, 0.1) is 12.8 Å². The first-order valence-corrected chi connectivity index (χ1v) is 9.72. The van der Waals surface area contributed by atoms with Gasteiger partial charge >= 0.3 is 0 Å². The predicted molar refractivity (Wildman–Crippen MR) is 99.6 cm³/mol. The number of rotatable bonds is 6. The van der Waals surface area contributed by atoms with Crippen LogP contribution in [0.3, 0.4) is 0 Å².